The van der Waals surface area contributed by atoms with E-state index in [4.69, 9.17) is 4.55 Å². The van der Waals surface area contributed by atoms with Crippen molar-refractivity contribution in [1.29, 1.82) is 0 Å². The van der Waals surface area contributed by atoms with E-state index in [1.807, 2.05) is 0 Å². The molecule has 18 heavy (non-hydrogen) atoms. The van der Waals surface area contributed by atoms with Crippen molar-refractivity contribution in [2.75, 3.05) is 12.4 Å². The molecule has 0 saturated carbocycles. The molecule has 0 aromatic rings. The Kier molecular flexibility index (Phi) is 12.1. The standard InChI is InChI=1S/C9H16F4O3S.Na.H/c10-5-3-1-2-4-7(11)9(13)8(12)6-17(14,15)16;;/h7-9H,1-6H2,(H,14,15,16);;/q;+1;-1. The fraction of sp³-hybridized carbons (Fsp3) is 1.00. The fourth-order valence-electron chi connectivity index (χ4n) is 1.29. The summed E-state index contributed by atoms with van der Waals surface area (Å²) in [6, 6.07) is 0. The first-order valence-electron chi connectivity index (χ1n) is 5.21. The zero-order valence-electron chi connectivity index (χ0n) is 11.2. The van der Waals surface area contributed by atoms with Crippen LogP contribution in [0.15, 0.2) is 0 Å². The van der Waals surface area contributed by atoms with Gasteiger partial charge in [0.05, 0.1) is 6.67 Å². The Morgan fingerprint density at radius 3 is 2.06 bits per heavy atom. The van der Waals surface area contributed by atoms with Crippen molar-refractivity contribution < 1.29 is 61.5 Å². The molecule has 0 fully saturated rings. The number of hydrogen-bond acceptors (Lipinski definition) is 2. The summed E-state index contributed by atoms with van der Waals surface area (Å²) in [5, 5.41) is 0. The molecule has 1 N–H and O–H groups in total. The third kappa shape index (κ3) is 10.5. The van der Waals surface area contributed by atoms with E-state index in [0.29, 0.717) is 6.42 Å². The van der Waals surface area contributed by atoms with E-state index in [1.165, 1.54) is 0 Å². The average Bonchev–Trinajstić information content (AvgIpc) is 2.20. The molecular formula is C9H17F4NaO3S. The van der Waals surface area contributed by atoms with E-state index < -0.39 is 41.1 Å². The Labute approximate surface area is 128 Å². The summed E-state index contributed by atoms with van der Waals surface area (Å²) < 4.78 is 79.4. The van der Waals surface area contributed by atoms with Crippen LogP contribution in [0.5, 0.6) is 0 Å². The monoisotopic (exact) mass is 304 g/mol. The van der Waals surface area contributed by atoms with Crippen molar-refractivity contribution in [2.45, 2.75) is 44.2 Å². The number of hydrogen-bond donors (Lipinski definition) is 1. The van der Waals surface area contributed by atoms with Gasteiger partial charge in [-0.25, -0.2) is 13.2 Å². The van der Waals surface area contributed by atoms with Crippen LogP contribution in [-0.2, 0) is 10.1 Å². The van der Waals surface area contributed by atoms with E-state index in [1.54, 1.807) is 0 Å². The number of alkyl halides is 4. The summed E-state index contributed by atoms with van der Waals surface area (Å²) in [4.78, 5) is 0. The molecule has 3 unspecified atom stereocenters. The maximum atomic E-state index is 13.1. The first kappa shape index (κ1) is 20.9. The number of rotatable bonds is 9. The van der Waals surface area contributed by atoms with Gasteiger partial charge in [-0.05, 0) is 12.8 Å². The van der Waals surface area contributed by atoms with Crippen LogP contribution in [-0.4, -0.2) is 43.9 Å². The van der Waals surface area contributed by atoms with Gasteiger partial charge in [0.2, 0.25) is 0 Å². The second-order valence-electron chi connectivity index (χ2n) is 3.76. The Bertz CT molecular complexity index is 308. The Hall–Kier alpha value is 0.630. The van der Waals surface area contributed by atoms with Crippen LogP contribution in [0, 0.1) is 0 Å². The van der Waals surface area contributed by atoms with Gasteiger partial charge in [0.15, 0.2) is 12.3 Å². The summed E-state index contributed by atoms with van der Waals surface area (Å²) in [6.07, 6.45) is -6.85. The molecule has 9 heteroatoms. The van der Waals surface area contributed by atoms with Crippen LogP contribution >= 0.6 is 0 Å². The molecule has 0 saturated heterocycles. The van der Waals surface area contributed by atoms with E-state index >= 15 is 0 Å². The third-order valence-corrected chi connectivity index (χ3v) is 2.91. The molecule has 106 valence electrons. The second-order valence-corrected chi connectivity index (χ2v) is 5.26. The minimum atomic E-state index is -4.66. The summed E-state index contributed by atoms with van der Waals surface area (Å²) in [6.45, 7) is -0.551. The minimum Gasteiger partial charge on any atom is -1.00 e. The molecule has 0 aliphatic rings. The van der Waals surface area contributed by atoms with E-state index in [0.717, 1.165) is 0 Å². The van der Waals surface area contributed by atoms with Gasteiger partial charge in [0.1, 0.15) is 11.9 Å². The van der Waals surface area contributed by atoms with E-state index in [9.17, 15) is 26.0 Å². The average molecular weight is 304 g/mol. The molecule has 0 spiro atoms. The topological polar surface area (TPSA) is 54.4 Å². The largest absolute Gasteiger partial charge is 1.00 e. The number of unbranched alkanes of at least 4 members (excludes halogenated alkanes) is 2. The van der Waals surface area contributed by atoms with Crippen LogP contribution in [0.3, 0.4) is 0 Å². The van der Waals surface area contributed by atoms with Crippen LogP contribution in [0.2, 0.25) is 0 Å². The van der Waals surface area contributed by atoms with Crippen molar-refractivity contribution in [3.05, 3.63) is 0 Å². The molecule has 0 aliphatic heterocycles. The molecule has 3 nitrogen and oxygen atoms in total. The summed E-state index contributed by atoms with van der Waals surface area (Å²) >= 11 is 0. The SMILES string of the molecule is O=S(=O)(O)CC(F)C(F)C(F)CCCCCF.[H-].[Na+]. The van der Waals surface area contributed by atoms with Crippen LogP contribution in [0.1, 0.15) is 27.1 Å². The smallest absolute Gasteiger partial charge is 1.00 e. The Morgan fingerprint density at radius 1 is 1.06 bits per heavy atom. The molecular weight excluding hydrogens is 287 g/mol. The summed E-state index contributed by atoms with van der Waals surface area (Å²) in [5.74, 6) is -1.46. The quantitative estimate of drug-likeness (QED) is 0.271. The predicted octanol–water partition coefficient (Wildman–Crippen LogP) is -0.465. The minimum absolute atomic E-state index is 0. The maximum Gasteiger partial charge on any atom is 1.00 e. The molecule has 0 aromatic heterocycles. The molecule has 3 atom stereocenters. The predicted molar refractivity (Wildman–Crippen MR) is 56.7 cm³/mol. The molecule has 0 bridgehead atoms. The van der Waals surface area contributed by atoms with Crippen LogP contribution in [0.25, 0.3) is 0 Å². The van der Waals surface area contributed by atoms with Crippen LogP contribution in [0.4, 0.5) is 17.6 Å². The maximum absolute atomic E-state index is 13.1. The van der Waals surface area contributed by atoms with E-state index in [2.05, 4.69) is 0 Å². The normalized spacial score (nSPS) is 16.7. The van der Waals surface area contributed by atoms with Gasteiger partial charge in [0.25, 0.3) is 10.1 Å². The zero-order chi connectivity index (χ0) is 13.5. The number of halogens is 4. The van der Waals surface area contributed by atoms with Gasteiger partial charge < -0.3 is 1.43 Å². The fourth-order valence-corrected chi connectivity index (χ4v) is 1.88. The van der Waals surface area contributed by atoms with Gasteiger partial charge in [-0.15, -0.1) is 0 Å². The van der Waals surface area contributed by atoms with Crippen molar-refractivity contribution in [3.8, 4) is 0 Å². The van der Waals surface area contributed by atoms with Gasteiger partial charge in [0, 0.05) is 0 Å². The molecule has 0 rings (SSSR count). The van der Waals surface area contributed by atoms with E-state index in [-0.39, 0.29) is 50.2 Å². The van der Waals surface area contributed by atoms with Crippen molar-refractivity contribution in [1.82, 2.24) is 0 Å². The summed E-state index contributed by atoms with van der Waals surface area (Å²) in [5.41, 5.74) is 0. The van der Waals surface area contributed by atoms with Gasteiger partial charge >= 0.3 is 29.6 Å². The van der Waals surface area contributed by atoms with Gasteiger partial charge in [-0.2, -0.15) is 8.42 Å². The second kappa shape index (κ2) is 10.4. The van der Waals surface area contributed by atoms with Gasteiger partial charge in [-0.1, -0.05) is 12.8 Å². The molecule has 0 aliphatic carbocycles. The Balaban J connectivity index is -0.00000128. The molecule has 0 amide bonds. The Morgan fingerprint density at radius 2 is 1.61 bits per heavy atom. The summed E-state index contributed by atoms with van der Waals surface area (Å²) in [7, 11) is -4.66. The molecule has 0 heterocycles. The van der Waals surface area contributed by atoms with Crippen LogP contribution < -0.4 is 29.6 Å². The molecule has 0 radical (unpaired) electrons. The van der Waals surface area contributed by atoms with Crippen molar-refractivity contribution in [2.24, 2.45) is 0 Å². The van der Waals surface area contributed by atoms with Crippen molar-refractivity contribution in [3.63, 3.8) is 0 Å². The first-order valence-corrected chi connectivity index (χ1v) is 6.82. The molecule has 0 aromatic carbocycles. The third-order valence-electron chi connectivity index (χ3n) is 2.17. The zero-order valence-corrected chi connectivity index (χ0v) is 13.0. The van der Waals surface area contributed by atoms with Gasteiger partial charge in [-0.3, -0.25) is 8.94 Å². The first-order chi connectivity index (χ1) is 7.78. The van der Waals surface area contributed by atoms with Crippen molar-refractivity contribution >= 4 is 10.1 Å².